The molecule has 2 aromatic carbocycles. The summed E-state index contributed by atoms with van der Waals surface area (Å²) < 4.78 is 13.3. The molecule has 0 aromatic heterocycles. The van der Waals surface area contributed by atoms with Crippen LogP contribution in [0.15, 0.2) is 36.4 Å². The second-order valence-corrected chi connectivity index (χ2v) is 4.60. The molecule has 0 amide bonds. The van der Waals surface area contributed by atoms with E-state index >= 15 is 0 Å². The van der Waals surface area contributed by atoms with Crippen LogP contribution in [0.25, 0.3) is 0 Å². The van der Waals surface area contributed by atoms with Crippen molar-refractivity contribution in [2.24, 2.45) is 0 Å². The summed E-state index contributed by atoms with van der Waals surface area (Å²) in [6.07, 6.45) is 0.740. The van der Waals surface area contributed by atoms with Crippen molar-refractivity contribution in [3.05, 3.63) is 52.8 Å². The molecular formula is C14H14ClFN2O. The van der Waals surface area contributed by atoms with Gasteiger partial charge in [-0.2, -0.15) is 0 Å². The smallest absolute Gasteiger partial charge is 0.143 e. The first-order valence-corrected chi connectivity index (χ1v) is 6.20. The molecule has 0 radical (unpaired) electrons. The van der Waals surface area contributed by atoms with Crippen LogP contribution in [0.1, 0.15) is 5.56 Å². The Kier molecular flexibility index (Phi) is 4.12. The highest BCUT2D eigenvalue weighted by Crippen LogP contribution is 2.26. The fourth-order valence-corrected chi connectivity index (χ4v) is 1.89. The van der Waals surface area contributed by atoms with Crippen molar-refractivity contribution in [1.82, 2.24) is 0 Å². The number of hydrogen-bond acceptors (Lipinski definition) is 3. The normalized spacial score (nSPS) is 10.4. The fourth-order valence-electron chi connectivity index (χ4n) is 1.72. The van der Waals surface area contributed by atoms with Crippen molar-refractivity contribution in [2.75, 3.05) is 17.6 Å². The van der Waals surface area contributed by atoms with Crippen LogP contribution in [0, 0.1) is 5.82 Å². The highest BCUT2D eigenvalue weighted by atomic mass is 35.5. The number of rotatable bonds is 4. The molecule has 0 bridgehead atoms. The molecule has 0 unspecified atom stereocenters. The van der Waals surface area contributed by atoms with Crippen LogP contribution in [0.5, 0.6) is 5.75 Å². The number of aromatic hydroxyl groups is 1. The van der Waals surface area contributed by atoms with Gasteiger partial charge in [0.05, 0.1) is 16.4 Å². The van der Waals surface area contributed by atoms with E-state index in [1.807, 2.05) is 12.1 Å². The van der Waals surface area contributed by atoms with Crippen LogP contribution < -0.4 is 11.1 Å². The average Bonchev–Trinajstić information content (AvgIpc) is 2.38. The predicted octanol–water partition coefficient (Wildman–Crippen LogP) is 3.42. The van der Waals surface area contributed by atoms with E-state index in [0.717, 1.165) is 12.0 Å². The molecule has 2 aromatic rings. The zero-order valence-corrected chi connectivity index (χ0v) is 10.9. The average molecular weight is 281 g/mol. The van der Waals surface area contributed by atoms with Gasteiger partial charge < -0.3 is 16.2 Å². The Labute approximate surface area is 115 Å². The maximum Gasteiger partial charge on any atom is 0.143 e. The molecule has 5 heteroatoms. The third kappa shape index (κ3) is 3.51. The molecule has 0 spiro atoms. The number of benzene rings is 2. The lowest BCUT2D eigenvalue weighted by atomic mass is 10.1. The van der Waals surface area contributed by atoms with Crippen molar-refractivity contribution in [2.45, 2.75) is 6.42 Å². The van der Waals surface area contributed by atoms with Crippen LogP contribution in [-0.4, -0.2) is 11.7 Å². The minimum Gasteiger partial charge on any atom is -0.508 e. The summed E-state index contributed by atoms with van der Waals surface area (Å²) in [5.41, 5.74) is 7.75. The van der Waals surface area contributed by atoms with Gasteiger partial charge in [-0.05, 0) is 30.2 Å². The molecule has 0 aliphatic rings. The summed E-state index contributed by atoms with van der Waals surface area (Å²) in [4.78, 5) is 0. The number of nitrogens with two attached hydrogens (primary N) is 1. The number of nitrogen functional groups attached to an aromatic ring is 1. The molecule has 0 saturated carbocycles. The molecule has 4 N–H and O–H groups in total. The van der Waals surface area contributed by atoms with Gasteiger partial charge >= 0.3 is 0 Å². The van der Waals surface area contributed by atoms with E-state index < -0.39 is 5.82 Å². The summed E-state index contributed by atoms with van der Waals surface area (Å²) in [6.45, 7) is 0.607. The number of phenolic OH excluding ortho intramolecular Hbond substituents is 1. The molecule has 0 fully saturated rings. The largest absolute Gasteiger partial charge is 0.508 e. The van der Waals surface area contributed by atoms with Crippen molar-refractivity contribution in [3.8, 4) is 5.75 Å². The van der Waals surface area contributed by atoms with Gasteiger partial charge in [-0.3, -0.25) is 0 Å². The summed E-state index contributed by atoms with van der Waals surface area (Å²) >= 11 is 5.62. The van der Waals surface area contributed by atoms with E-state index in [0.29, 0.717) is 17.9 Å². The van der Waals surface area contributed by atoms with E-state index in [1.54, 1.807) is 12.1 Å². The zero-order valence-electron chi connectivity index (χ0n) is 10.2. The fraction of sp³-hybridized carbons (Fsp3) is 0.143. The molecule has 0 aliphatic heterocycles. The number of nitrogens with one attached hydrogen (secondary N) is 1. The Morgan fingerprint density at radius 2 is 1.89 bits per heavy atom. The van der Waals surface area contributed by atoms with Crippen LogP contribution in [0.4, 0.5) is 15.8 Å². The molecule has 2 rings (SSSR count). The zero-order chi connectivity index (χ0) is 13.8. The number of hydrogen-bond donors (Lipinski definition) is 3. The third-order valence-corrected chi connectivity index (χ3v) is 3.05. The lowest BCUT2D eigenvalue weighted by molar-refractivity contribution is 0.475. The highest BCUT2D eigenvalue weighted by molar-refractivity contribution is 6.31. The minimum atomic E-state index is -0.497. The van der Waals surface area contributed by atoms with Gasteiger partial charge in [-0.1, -0.05) is 23.7 Å². The summed E-state index contributed by atoms with van der Waals surface area (Å²) in [5.74, 6) is -0.260. The summed E-state index contributed by atoms with van der Waals surface area (Å²) in [5, 5.41) is 12.2. The lowest BCUT2D eigenvalue weighted by Gasteiger charge is -2.10. The topological polar surface area (TPSA) is 58.3 Å². The quantitative estimate of drug-likeness (QED) is 0.752. The molecule has 3 nitrogen and oxygen atoms in total. The maximum absolute atomic E-state index is 13.3. The van der Waals surface area contributed by atoms with Crippen molar-refractivity contribution < 1.29 is 9.50 Å². The van der Waals surface area contributed by atoms with Crippen LogP contribution >= 0.6 is 11.6 Å². The molecular weight excluding hydrogens is 267 g/mol. The molecule has 0 heterocycles. The van der Waals surface area contributed by atoms with Crippen LogP contribution in [-0.2, 0) is 6.42 Å². The van der Waals surface area contributed by atoms with Crippen molar-refractivity contribution in [1.29, 1.82) is 0 Å². The molecule has 100 valence electrons. The Bertz CT molecular complexity index is 572. The Morgan fingerprint density at radius 1 is 1.21 bits per heavy atom. The second kappa shape index (κ2) is 5.80. The van der Waals surface area contributed by atoms with Gasteiger partial charge in [0.15, 0.2) is 0 Å². The molecule has 0 saturated heterocycles. The number of phenols is 1. The van der Waals surface area contributed by atoms with E-state index in [2.05, 4.69) is 5.32 Å². The molecule has 19 heavy (non-hydrogen) atoms. The van der Waals surface area contributed by atoms with Crippen LogP contribution in [0.3, 0.4) is 0 Å². The van der Waals surface area contributed by atoms with Crippen molar-refractivity contribution in [3.63, 3.8) is 0 Å². The number of anilines is 2. The van der Waals surface area contributed by atoms with Gasteiger partial charge in [-0.15, -0.1) is 0 Å². The van der Waals surface area contributed by atoms with Gasteiger partial charge in [-0.25, -0.2) is 4.39 Å². The predicted molar refractivity (Wildman–Crippen MR) is 76.1 cm³/mol. The standard InChI is InChI=1S/C14H14ClFN2O/c15-11-7-13(17)14(8-12(11)16)18-6-5-9-1-3-10(19)4-2-9/h1-4,7-8,18-19H,5-6,17H2. The Morgan fingerprint density at radius 3 is 2.58 bits per heavy atom. The van der Waals surface area contributed by atoms with Gasteiger partial charge in [0.2, 0.25) is 0 Å². The van der Waals surface area contributed by atoms with Gasteiger partial charge in [0.25, 0.3) is 0 Å². The van der Waals surface area contributed by atoms with E-state index in [4.69, 9.17) is 22.4 Å². The van der Waals surface area contributed by atoms with E-state index in [1.165, 1.54) is 12.1 Å². The first-order chi connectivity index (χ1) is 9.06. The molecule has 0 atom stereocenters. The first kappa shape index (κ1) is 13.5. The minimum absolute atomic E-state index is 0.0154. The van der Waals surface area contributed by atoms with Crippen LogP contribution in [0.2, 0.25) is 5.02 Å². The highest BCUT2D eigenvalue weighted by Gasteiger charge is 2.05. The van der Waals surface area contributed by atoms with Gasteiger partial charge in [0.1, 0.15) is 11.6 Å². The monoisotopic (exact) mass is 280 g/mol. The SMILES string of the molecule is Nc1cc(Cl)c(F)cc1NCCc1ccc(O)cc1. The van der Waals surface area contributed by atoms with Gasteiger partial charge in [0, 0.05) is 12.6 Å². The van der Waals surface area contributed by atoms with E-state index in [9.17, 15) is 4.39 Å². The first-order valence-electron chi connectivity index (χ1n) is 5.82. The third-order valence-electron chi connectivity index (χ3n) is 2.76. The van der Waals surface area contributed by atoms with Crippen molar-refractivity contribution >= 4 is 23.0 Å². The lowest BCUT2D eigenvalue weighted by Crippen LogP contribution is -2.07. The maximum atomic E-state index is 13.3. The Hall–Kier alpha value is -1.94. The number of halogens is 2. The summed E-state index contributed by atoms with van der Waals surface area (Å²) in [7, 11) is 0. The van der Waals surface area contributed by atoms with E-state index in [-0.39, 0.29) is 10.8 Å². The molecule has 0 aliphatic carbocycles. The second-order valence-electron chi connectivity index (χ2n) is 4.20. The summed E-state index contributed by atoms with van der Waals surface area (Å²) in [6, 6.07) is 9.61. The Balaban J connectivity index is 1.96.